The molecule has 2 amide bonds. The minimum absolute atomic E-state index is 0.108. The van der Waals surface area contributed by atoms with Crippen molar-refractivity contribution in [3.05, 3.63) is 65.5 Å². The predicted octanol–water partition coefficient (Wildman–Crippen LogP) is 5.03. The van der Waals surface area contributed by atoms with Gasteiger partial charge >= 0.3 is 0 Å². The largest absolute Gasteiger partial charge is 0.382 e. The van der Waals surface area contributed by atoms with E-state index in [4.69, 9.17) is 30.7 Å². The van der Waals surface area contributed by atoms with Crippen molar-refractivity contribution in [1.82, 2.24) is 19.9 Å². The number of fused-ring (bicyclic) bond motifs is 3. The Balaban J connectivity index is 1.19. The number of hydrogen-bond donors (Lipinski definition) is 3. The van der Waals surface area contributed by atoms with E-state index in [-0.39, 0.29) is 12.3 Å². The number of pyridine rings is 1. The third-order valence-electron chi connectivity index (χ3n) is 8.57. The molecular weight excluding hydrogens is 667 g/mol. The van der Waals surface area contributed by atoms with Crippen LogP contribution in [0.3, 0.4) is 0 Å². The monoisotopic (exact) mass is 717 g/mol. The Morgan fingerprint density at radius 2 is 1.63 bits per heavy atom. The first-order chi connectivity index (χ1) is 24.9. The number of amides is 2. The highest BCUT2D eigenvalue weighted by molar-refractivity contribution is 7.78. The molecule has 4 rings (SSSR count). The van der Waals surface area contributed by atoms with Crippen molar-refractivity contribution >= 4 is 56.9 Å². The second-order valence-corrected chi connectivity index (χ2v) is 12.6. The van der Waals surface area contributed by atoms with Gasteiger partial charge in [0.2, 0.25) is 11.8 Å². The number of thiocarbonyl (C=S) groups is 1. The van der Waals surface area contributed by atoms with Crippen molar-refractivity contribution in [1.29, 1.82) is 0 Å². The summed E-state index contributed by atoms with van der Waals surface area (Å²) in [6, 6.07) is 16.2. The maximum absolute atomic E-state index is 12.5. The van der Waals surface area contributed by atoms with Crippen LogP contribution < -0.4 is 16.8 Å². The van der Waals surface area contributed by atoms with Gasteiger partial charge in [-0.2, -0.15) is 0 Å². The molecular formula is C38H51N7O5S. The summed E-state index contributed by atoms with van der Waals surface area (Å²) >= 11 is 4.52. The van der Waals surface area contributed by atoms with E-state index in [1.807, 2.05) is 30.3 Å². The van der Waals surface area contributed by atoms with E-state index in [2.05, 4.69) is 62.4 Å². The normalized spacial score (nSPS) is 11.9. The number of nitrogens with zero attached hydrogens (tertiary/aromatic N) is 4. The molecule has 5 N–H and O–H groups in total. The lowest BCUT2D eigenvalue weighted by Crippen LogP contribution is -2.29. The first kappa shape index (κ1) is 39.5. The van der Waals surface area contributed by atoms with Crippen LogP contribution in [0.4, 0.5) is 5.82 Å². The number of isothiocyanates is 1. The third-order valence-corrected chi connectivity index (χ3v) is 8.70. The minimum atomic E-state index is -0.444. The lowest BCUT2D eigenvalue weighted by Gasteiger charge is -2.15. The van der Waals surface area contributed by atoms with Gasteiger partial charge in [-0.1, -0.05) is 55.8 Å². The molecule has 0 radical (unpaired) electrons. The highest BCUT2D eigenvalue weighted by atomic mass is 32.1. The van der Waals surface area contributed by atoms with Gasteiger partial charge in [0.15, 0.2) is 5.82 Å². The zero-order chi connectivity index (χ0) is 36.3. The average Bonchev–Trinajstić information content (AvgIpc) is 3.49. The molecule has 51 heavy (non-hydrogen) atoms. The van der Waals surface area contributed by atoms with Gasteiger partial charge in [0.25, 0.3) is 0 Å². The van der Waals surface area contributed by atoms with E-state index in [0.717, 1.165) is 64.6 Å². The van der Waals surface area contributed by atoms with Gasteiger partial charge in [-0.25, -0.2) is 15.0 Å². The predicted molar refractivity (Wildman–Crippen MR) is 204 cm³/mol. The summed E-state index contributed by atoms with van der Waals surface area (Å²) in [5, 5.41) is 6.25. The van der Waals surface area contributed by atoms with Gasteiger partial charge < -0.3 is 35.6 Å². The number of nitrogens with two attached hydrogens (primary N) is 2. The van der Waals surface area contributed by atoms with Gasteiger partial charge in [0.05, 0.1) is 49.2 Å². The summed E-state index contributed by atoms with van der Waals surface area (Å²) in [4.78, 5) is 38.1. The van der Waals surface area contributed by atoms with Crippen LogP contribution in [0.2, 0.25) is 0 Å². The van der Waals surface area contributed by atoms with E-state index in [0.29, 0.717) is 84.4 Å². The second kappa shape index (κ2) is 21.8. The highest BCUT2D eigenvalue weighted by Gasteiger charge is 2.19. The molecule has 0 aliphatic rings. The maximum atomic E-state index is 12.5. The summed E-state index contributed by atoms with van der Waals surface area (Å²) < 4.78 is 18.7. The van der Waals surface area contributed by atoms with Gasteiger partial charge in [-0.3, -0.25) is 9.59 Å². The molecule has 0 fully saturated rings. The molecule has 0 spiro atoms. The van der Waals surface area contributed by atoms with Gasteiger partial charge in [-0.05, 0) is 61.5 Å². The Labute approximate surface area is 305 Å². The first-order valence-corrected chi connectivity index (χ1v) is 18.3. The van der Waals surface area contributed by atoms with Crippen LogP contribution in [0.5, 0.6) is 0 Å². The van der Waals surface area contributed by atoms with Crippen molar-refractivity contribution in [2.75, 3.05) is 58.5 Å². The Morgan fingerprint density at radius 3 is 2.33 bits per heavy atom. The molecule has 12 nitrogen and oxygen atoms in total. The maximum Gasteiger partial charge on any atom is 0.220 e. The van der Waals surface area contributed by atoms with Crippen molar-refractivity contribution in [3.63, 3.8) is 0 Å². The third kappa shape index (κ3) is 12.8. The molecule has 2 heterocycles. The van der Waals surface area contributed by atoms with E-state index < -0.39 is 11.8 Å². The number of aliphatic imine (C=N–C) groups is 1. The highest BCUT2D eigenvalue weighted by Crippen LogP contribution is 2.30. The Bertz CT molecular complexity index is 1740. The number of ether oxygens (including phenoxy) is 3. The van der Waals surface area contributed by atoms with E-state index >= 15 is 0 Å². The molecule has 2 aromatic heterocycles. The molecule has 0 aliphatic carbocycles. The molecule has 0 aliphatic heterocycles. The summed E-state index contributed by atoms with van der Waals surface area (Å²) in [6.45, 7) is 7.03. The standard InChI is InChI=1S/C38H51N7O5S/c1-2-3-10-33-44-35-36(31-8-4-5-9-32(31)43-37(35)39)45(33)26-29-13-11-28(12-14-29)25-30(38(40)47)15-16-34(46)42-18-7-20-49-22-24-50-23-21-48-19-6-17-41-27-51/h4-5,8-9,11-14,30H,2-3,6-7,10,15-26H2,1H3,(H2,39,43)(H2,40,47)(H,42,46). The van der Waals surface area contributed by atoms with Crippen LogP contribution in [0.25, 0.3) is 21.9 Å². The number of para-hydroxylation sites is 1. The number of primary amides is 1. The summed E-state index contributed by atoms with van der Waals surface area (Å²) in [5.41, 5.74) is 16.8. The number of hydrogen-bond acceptors (Lipinski definition) is 10. The number of aryl methyl sites for hydroxylation is 1. The lowest BCUT2D eigenvalue weighted by molar-refractivity contribution is -0.123. The van der Waals surface area contributed by atoms with Crippen LogP contribution in [-0.2, 0) is 43.2 Å². The molecule has 0 bridgehead atoms. The number of aromatic nitrogens is 3. The number of carbonyl (C=O) groups is 2. The van der Waals surface area contributed by atoms with Crippen molar-refractivity contribution in [3.8, 4) is 0 Å². The van der Waals surface area contributed by atoms with E-state index in [9.17, 15) is 9.59 Å². The van der Waals surface area contributed by atoms with Crippen LogP contribution >= 0.6 is 12.2 Å². The molecule has 2 aromatic carbocycles. The van der Waals surface area contributed by atoms with Crippen LogP contribution in [0, 0.1) is 5.92 Å². The number of nitrogen functional groups attached to an aromatic ring is 1. The number of anilines is 1. The fourth-order valence-electron chi connectivity index (χ4n) is 5.82. The second-order valence-electron chi connectivity index (χ2n) is 12.5. The van der Waals surface area contributed by atoms with Crippen molar-refractivity contribution in [2.45, 2.75) is 64.8 Å². The Hall–Kier alpha value is -4.26. The van der Waals surface area contributed by atoms with Crippen molar-refractivity contribution < 1.29 is 23.8 Å². The molecule has 13 heteroatoms. The number of benzene rings is 2. The number of unbranched alkanes of at least 4 members (excludes halogenated alkanes) is 1. The van der Waals surface area contributed by atoms with Crippen molar-refractivity contribution in [2.24, 2.45) is 16.6 Å². The molecule has 1 atom stereocenters. The Kier molecular flexibility index (Phi) is 16.9. The molecule has 0 saturated carbocycles. The molecule has 1 unspecified atom stereocenters. The number of rotatable bonds is 25. The van der Waals surface area contributed by atoms with Gasteiger partial charge in [-0.15, -0.1) is 0 Å². The Morgan fingerprint density at radius 1 is 0.941 bits per heavy atom. The quantitative estimate of drug-likeness (QED) is 0.0484. The molecule has 4 aromatic rings. The molecule has 0 saturated heterocycles. The summed E-state index contributed by atoms with van der Waals surface area (Å²) in [6.07, 6.45) is 5.50. The first-order valence-electron chi connectivity index (χ1n) is 17.8. The van der Waals surface area contributed by atoms with E-state index in [1.165, 1.54) is 0 Å². The van der Waals surface area contributed by atoms with Crippen LogP contribution in [0.1, 0.15) is 62.4 Å². The average molecular weight is 718 g/mol. The number of imidazole rings is 1. The summed E-state index contributed by atoms with van der Waals surface area (Å²) in [5.74, 6) is 0.468. The SMILES string of the molecule is CCCCc1nc2c(N)nc3ccccc3c2n1Cc1ccc(CC(CCC(=O)NCCCOCCOCCOCCCN=C=S)C(N)=O)cc1. The number of nitrogens with one attached hydrogen (secondary N) is 1. The van der Waals surface area contributed by atoms with Gasteiger partial charge in [0, 0.05) is 50.4 Å². The van der Waals surface area contributed by atoms with Crippen LogP contribution in [0.15, 0.2) is 53.5 Å². The fraction of sp³-hybridized carbons (Fsp3) is 0.500. The smallest absolute Gasteiger partial charge is 0.220 e. The lowest BCUT2D eigenvalue weighted by atomic mass is 9.93. The number of carbonyl (C=O) groups excluding carboxylic acids is 2. The van der Waals surface area contributed by atoms with Gasteiger partial charge in [0.1, 0.15) is 11.3 Å². The zero-order valence-corrected chi connectivity index (χ0v) is 30.4. The molecule has 274 valence electrons. The summed E-state index contributed by atoms with van der Waals surface area (Å²) in [7, 11) is 0. The topological polar surface area (TPSA) is 169 Å². The van der Waals surface area contributed by atoms with Crippen LogP contribution in [-0.4, -0.2) is 84.2 Å². The zero-order valence-electron chi connectivity index (χ0n) is 29.6. The minimum Gasteiger partial charge on any atom is -0.382 e. The van der Waals surface area contributed by atoms with E-state index in [1.54, 1.807) is 0 Å². The fourth-order valence-corrected chi connectivity index (χ4v) is 5.91.